The predicted octanol–water partition coefficient (Wildman–Crippen LogP) is 5.10. The van der Waals surface area contributed by atoms with Crippen molar-refractivity contribution in [3.05, 3.63) is 97.3 Å². The zero-order chi connectivity index (χ0) is 19.5. The normalized spacial score (nSPS) is 30.9. The van der Waals surface area contributed by atoms with Gasteiger partial charge in [-0.1, -0.05) is 48.5 Å². The molecule has 0 saturated carbocycles. The first kappa shape index (κ1) is 18.5. The Kier molecular flexibility index (Phi) is 4.32. The molecule has 0 nitrogen and oxygen atoms in total. The summed E-state index contributed by atoms with van der Waals surface area (Å²) in [5, 5.41) is 6.06. The van der Waals surface area contributed by atoms with Crippen LogP contribution in [0.2, 0.25) is 0 Å². The fourth-order valence-corrected chi connectivity index (χ4v) is 13.7. The van der Waals surface area contributed by atoms with Crippen LogP contribution in [0.4, 0.5) is 0 Å². The SMILES string of the molecule is [CH2-][P+]1(c2ccccc2[P+]2([CH2-])c3ccccc3C[C@H]2C)c2ccccc2C[C@H]1C. The lowest BCUT2D eigenvalue weighted by Crippen LogP contribution is -2.38. The van der Waals surface area contributed by atoms with E-state index in [1.54, 1.807) is 0 Å². The monoisotopic (exact) mass is 402 g/mol. The van der Waals surface area contributed by atoms with Crippen LogP contribution in [-0.2, 0) is 12.8 Å². The largest absolute Gasteiger partial charge is 0.169 e. The standard InChI is InChI=1S/C26H28P2/c1-19-17-21-11-5-7-13-23(21)27(19,3)25-15-9-10-16-26(25)28(4)20(2)18-22-12-6-8-14-24(22)28/h5-16,19-20H,3-4,17-18H2,1-2H3/t19-,20-,27?,28?/m1/s1. The Hall–Kier alpha value is -1.48. The van der Waals surface area contributed by atoms with Gasteiger partial charge in [-0.15, -0.1) is 0 Å². The molecule has 0 spiro atoms. The highest BCUT2D eigenvalue weighted by molar-refractivity contribution is 7.96. The number of fused-ring (bicyclic) bond motifs is 2. The summed E-state index contributed by atoms with van der Waals surface area (Å²) in [5.41, 5.74) is 4.19. The van der Waals surface area contributed by atoms with Crippen molar-refractivity contribution in [2.75, 3.05) is 0 Å². The number of hydrogen-bond acceptors (Lipinski definition) is 0. The molecule has 2 aliphatic heterocycles. The summed E-state index contributed by atoms with van der Waals surface area (Å²) in [4.78, 5) is 0. The van der Waals surface area contributed by atoms with Crippen molar-refractivity contribution in [1.82, 2.24) is 0 Å². The topological polar surface area (TPSA) is 0 Å². The Morgan fingerprint density at radius 1 is 0.571 bits per heavy atom. The van der Waals surface area contributed by atoms with Gasteiger partial charge in [0.2, 0.25) is 0 Å². The van der Waals surface area contributed by atoms with E-state index in [2.05, 4.69) is 86.6 Å². The van der Waals surface area contributed by atoms with Gasteiger partial charge in [-0.3, -0.25) is 0 Å². The second-order valence-electron chi connectivity index (χ2n) is 8.59. The summed E-state index contributed by atoms with van der Waals surface area (Å²) in [6.07, 6.45) is 2.30. The maximum absolute atomic E-state index is 5.01. The van der Waals surface area contributed by atoms with Gasteiger partial charge < -0.3 is 0 Å². The van der Waals surface area contributed by atoms with Crippen molar-refractivity contribution in [2.45, 2.75) is 38.0 Å². The molecule has 0 N–H and O–H groups in total. The predicted molar refractivity (Wildman–Crippen MR) is 129 cm³/mol. The van der Waals surface area contributed by atoms with Crippen molar-refractivity contribution in [3.8, 4) is 0 Å². The van der Waals surface area contributed by atoms with E-state index in [4.69, 9.17) is 13.3 Å². The third-order valence-corrected chi connectivity index (χ3v) is 15.8. The molecule has 2 heteroatoms. The van der Waals surface area contributed by atoms with E-state index in [1.807, 2.05) is 0 Å². The third-order valence-electron chi connectivity index (χ3n) is 7.12. The van der Waals surface area contributed by atoms with Crippen LogP contribution in [0, 0.1) is 13.3 Å². The number of hydrogen-bond donors (Lipinski definition) is 0. The van der Waals surface area contributed by atoms with Crippen LogP contribution in [0.5, 0.6) is 0 Å². The Morgan fingerprint density at radius 3 is 1.29 bits per heavy atom. The molecule has 3 aromatic carbocycles. The Balaban J connectivity index is 1.76. The summed E-state index contributed by atoms with van der Waals surface area (Å²) in [7, 11) is -3.37. The smallest absolute Gasteiger partial charge is 0.109 e. The van der Waals surface area contributed by atoms with Gasteiger partial charge in [-0.2, -0.15) is 13.3 Å². The van der Waals surface area contributed by atoms with Crippen LogP contribution in [0.15, 0.2) is 72.8 Å². The molecule has 0 fully saturated rings. The quantitative estimate of drug-likeness (QED) is 0.414. The average molecular weight is 402 g/mol. The van der Waals surface area contributed by atoms with E-state index in [0.717, 1.165) is 12.8 Å². The van der Waals surface area contributed by atoms with Crippen molar-refractivity contribution in [2.24, 2.45) is 0 Å². The molecule has 142 valence electrons. The molecule has 3 aromatic rings. The lowest BCUT2D eigenvalue weighted by Gasteiger charge is -2.37. The number of rotatable bonds is 2. The van der Waals surface area contributed by atoms with E-state index in [1.165, 1.54) is 32.3 Å². The summed E-state index contributed by atoms with van der Waals surface area (Å²) in [6, 6.07) is 27.3. The van der Waals surface area contributed by atoms with Gasteiger partial charge in [0.1, 0.15) is 10.6 Å². The van der Waals surface area contributed by atoms with Gasteiger partial charge in [0.25, 0.3) is 0 Å². The Morgan fingerprint density at radius 2 is 0.893 bits per heavy atom. The maximum Gasteiger partial charge on any atom is 0.109 e. The molecule has 4 atom stereocenters. The van der Waals surface area contributed by atoms with Crippen LogP contribution in [0.3, 0.4) is 0 Å². The first-order valence-corrected chi connectivity index (χ1v) is 14.3. The number of benzene rings is 3. The third kappa shape index (κ3) is 2.38. The summed E-state index contributed by atoms with van der Waals surface area (Å²) in [5.74, 6) is 0. The van der Waals surface area contributed by atoms with Crippen LogP contribution in [-0.4, -0.2) is 11.3 Å². The van der Waals surface area contributed by atoms with Crippen molar-refractivity contribution in [1.29, 1.82) is 0 Å². The molecule has 2 heterocycles. The highest BCUT2D eigenvalue weighted by atomic mass is 31.2. The Bertz CT molecular complexity index is 971. The van der Waals surface area contributed by atoms with Gasteiger partial charge in [0, 0.05) is 12.8 Å². The van der Waals surface area contributed by atoms with Gasteiger partial charge >= 0.3 is 0 Å². The highest BCUT2D eigenvalue weighted by Crippen LogP contribution is 2.69. The van der Waals surface area contributed by atoms with E-state index in [9.17, 15) is 0 Å². The second kappa shape index (κ2) is 6.52. The first-order valence-electron chi connectivity index (χ1n) is 10.2. The second-order valence-corrected chi connectivity index (χ2v) is 15.8. The average Bonchev–Trinajstić information content (AvgIpc) is 3.14. The van der Waals surface area contributed by atoms with E-state index in [0.29, 0.717) is 11.3 Å². The zero-order valence-electron chi connectivity index (χ0n) is 16.8. The van der Waals surface area contributed by atoms with E-state index in [-0.39, 0.29) is 0 Å². The minimum absolute atomic E-state index is 0.589. The van der Waals surface area contributed by atoms with E-state index < -0.39 is 14.5 Å². The molecular formula is C26H28P2. The van der Waals surface area contributed by atoms with Gasteiger partial charge in [-0.05, 0) is 63.8 Å². The molecule has 0 bridgehead atoms. The van der Waals surface area contributed by atoms with Gasteiger partial charge in [0.15, 0.2) is 0 Å². The molecule has 2 unspecified atom stereocenters. The molecule has 0 aliphatic carbocycles. The maximum atomic E-state index is 5.01. The Labute approximate surface area is 171 Å². The first-order chi connectivity index (χ1) is 13.5. The fraction of sp³-hybridized carbons (Fsp3) is 0.231. The molecule has 0 aromatic heterocycles. The lowest BCUT2D eigenvalue weighted by molar-refractivity contribution is 0.955. The van der Waals surface area contributed by atoms with Crippen LogP contribution in [0.25, 0.3) is 0 Å². The lowest BCUT2D eigenvalue weighted by atomic mass is 10.1. The minimum Gasteiger partial charge on any atom is -0.169 e. The zero-order valence-corrected chi connectivity index (χ0v) is 18.6. The van der Waals surface area contributed by atoms with Crippen LogP contribution < -0.4 is 21.2 Å². The molecule has 0 radical (unpaired) electrons. The molecular weight excluding hydrogens is 374 g/mol. The molecule has 0 saturated heterocycles. The molecule has 0 amide bonds. The summed E-state index contributed by atoms with van der Waals surface area (Å²) < 4.78 is 0. The fourth-order valence-electron chi connectivity index (χ4n) is 5.44. The van der Waals surface area contributed by atoms with Crippen molar-refractivity contribution >= 4 is 35.7 Å². The molecule has 5 rings (SSSR count). The molecule has 2 aliphatic rings. The van der Waals surface area contributed by atoms with Crippen molar-refractivity contribution < 1.29 is 0 Å². The van der Waals surface area contributed by atoms with Crippen LogP contribution in [0.1, 0.15) is 25.0 Å². The summed E-state index contributed by atoms with van der Waals surface area (Å²) in [6.45, 7) is 14.8. The van der Waals surface area contributed by atoms with Gasteiger partial charge in [0.05, 0.1) is 21.9 Å². The highest BCUT2D eigenvalue weighted by Gasteiger charge is 2.51. The van der Waals surface area contributed by atoms with Crippen LogP contribution >= 0.6 is 14.5 Å². The summed E-state index contributed by atoms with van der Waals surface area (Å²) >= 11 is 0. The van der Waals surface area contributed by atoms with E-state index >= 15 is 0 Å². The molecule has 28 heavy (non-hydrogen) atoms. The van der Waals surface area contributed by atoms with Crippen molar-refractivity contribution in [3.63, 3.8) is 0 Å². The van der Waals surface area contributed by atoms with Gasteiger partial charge in [-0.25, -0.2) is 0 Å². The minimum atomic E-state index is -1.69.